The van der Waals surface area contributed by atoms with Crippen LogP contribution in [0.4, 0.5) is 0 Å². The maximum Gasteiger partial charge on any atom is 0.177 e. The zero-order valence-electron chi connectivity index (χ0n) is 9.33. The molecule has 84 valence electrons. The molecule has 0 bridgehead atoms. The molecule has 0 fully saturated rings. The van der Waals surface area contributed by atoms with E-state index in [2.05, 4.69) is 16.7 Å². The van der Waals surface area contributed by atoms with E-state index in [9.17, 15) is 0 Å². The molecular formula is C11H14N3OS+. The fraction of sp³-hybridized carbons (Fsp3) is 0.273. The van der Waals surface area contributed by atoms with Gasteiger partial charge in [-0.2, -0.15) is 4.40 Å². The first-order chi connectivity index (χ1) is 7.79. The average Bonchev–Trinajstić information content (AvgIpc) is 2.75. The summed E-state index contributed by atoms with van der Waals surface area (Å²) in [6.07, 6.45) is 7.55. The second-order valence-electron chi connectivity index (χ2n) is 3.44. The molecule has 0 unspecified atom stereocenters. The Morgan fingerprint density at radius 3 is 3.25 bits per heavy atom. The first-order valence-electron chi connectivity index (χ1n) is 5.05. The molecule has 1 aliphatic rings. The van der Waals surface area contributed by atoms with Crippen LogP contribution in [0.2, 0.25) is 0 Å². The Balaban J connectivity index is 2.03. The van der Waals surface area contributed by atoms with Crippen LogP contribution >= 0.6 is 12.1 Å². The molecule has 0 spiro atoms. The van der Waals surface area contributed by atoms with E-state index in [4.69, 9.17) is 4.84 Å². The molecule has 4 nitrogen and oxygen atoms in total. The molecule has 1 aliphatic heterocycles. The molecule has 2 rings (SSSR count). The summed E-state index contributed by atoms with van der Waals surface area (Å²) in [6, 6.07) is 4.07. The molecule has 0 saturated heterocycles. The van der Waals surface area contributed by atoms with Gasteiger partial charge in [0.2, 0.25) is 0 Å². The average molecular weight is 236 g/mol. The van der Waals surface area contributed by atoms with E-state index in [0.717, 1.165) is 11.3 Å². The van der Waals surface area contributed by atoms with Crippen LogP contribution in [0.3, 0.4) is 0 Å². The predicted molar refractivity (Wildman–Crippen MR) is 64.4 cm³/mol. The van der Waals surface area contributed by atoms with Crippen molar-refractivity contribution in [3.05, 3.63) is 42.4 Å². The Labute approximate surface area is 99.5 Å². The summed E-state index contributed by atoms with van der Waals surface area (Å²) in [5.41, 5.74) is 2.16. The highest BCUT2D eigenvalue weighted by molar-refractivity contribution is 7.96. The van der Waals surface area contributed by atoms with Crippen molar-refractivity contribution < 1.29 is 9.40 Å². The van der Waals surface area contributed by atoms with Gasteiger partial charge < -0.3 is 4.84 Å². The zero-order chi connectivity index (χ0) is 11.4. The van der Waals surface area contributed by atoms with E-state index in [0.29, 0.717) is 6.54 Å². The minimum atomic E-state index is 0.693. The monoisotopic (exact) mass is 236 g/mol. The maximum absolute atomic E-state index is 5.33. The van der Waals surface area contributed by atoms with Crippen LogP contribution in [0.1, 0.15) is 12.5 Å². The molecular weight excluding hydrogens is 222 g/mol. The molecule has 1 aromatic heterocycles. The summed E-state index contributed by atoms with van der Waals surface area (Å²) in [4.78, 5) is 5.33. The normalized spacial score (nSPS) is 16.8. The third kappa shape index (κ3) is 2.62. The van der Waals surface area contributed by atoms with Gasteiger partial charge in [0.1, 0.15) is 13.3 Å². The highest BCUT2D eigenvalue weighted by Crippen LogP contribution is 2.22. The fourth-order valence-corrected chi connectivity index (χ4v) is 1.98. The minimum absolute atomic E-state index is 0.693. The number of allylic oxidation sites excluding steroid dienone is 1. The van der Waals surface area contributed by atoms with Gasteiger partial charge in [-0.25, -0.2) is 4.57 Å². The number of hydrogen-bond acceptors (Lipinski definition) is 4. The van der Waals surface area contributed by atoms with E-state index in [-0.39, 0.29) is 0 Å². The molecule has 0 radical (unpaired) electrons. The number of hydroxylamine groups is 1. The Kier molecular flexibility index (Phi) is 3.58. The Bertz CT molecular complexity index is 431. The van der Waals surface area contributed by atoms with E-state index >= 15 is 0 Å². The quantitative estimate of drug-likeness (QED) is 0.454. The Morgan fingerprint density at radius 2 is 2.50 bits per heavy atom. The van der Waals surface area contributed by atoms with Crippen LogP contribution in [-0.2, 0) is 11.9 Å². The first-order valence-corrected chi connectivity index (χ1v) is 5.78. The lowest BCUT2D eigenvalue weighted by atomic mass is 10.2. The zero-order valence-corrected chi connectivity index (χ0v) is 10.1. The number of pyridine rings is 1. The molecule has 1 aromatic rings. The van der Waals surface area contributed by atoms with Gasteiger partial charge in [0.25, 0.3) is 0 Å². The smallest absolute Gasteiger partial charge is 0.177 e. The van der Waals surface area contributed by atoms with E-state index < -0.39 is 0 Å². The summed E-state index contributed by atoms with van der Waals surface area (Å²) in [6.45, 7) is 2.61. The summed E-state index contributed by atoms with van der Waals surface area (Å²) in [5.74, 6) is 0. The van der Waals surface area contributed by atoms with Gasteiger partial charge >= 0.3 is 0 Å². The molecule has 0 amide bonds. The second kappa shape index (κ2) is 5.14. The van der Waals surface area contributed by atoms with Crippen molar-refractivity contribution in [2.24, 2.45) is 11.4 Å². The number of aromatic nitrogens is 1. The van der Waals surface area contributed by atoms with Gasteiger partial charge in [-0.15, -0.1) is 0 Å². The number of rotatable bonds is 3. The third-order valence-corrected chi connectivity index (χ3v) is 2.81. The van der Waals surface area contributed by atoms with Crippen LogP contribution in [0.15, 0.2) is 41.3 Å². The largest absolute Gasteiger partial charge is 0.401 e. The molecule has 0 saturated carbocycles. The van der Waals surface area contributed by atoms with Gasteiger partial charge in [0.05, 0.1) is 30.0 Å². The van der Waals surface area contributed by atoms with Gasteiger partial charge in [-0.3, -0.25) is 0 Å². The van der Waals surface area contributed by atoms with Gasteiger partial charge in [0.15, 0.2) is 12.4 Å². The lowest BCUT2D eigenvalue weighted by molar-refractivity contribution is -0.671. The lowest BCUT2D eigenvalue weighted by Crippen LogP contribution is -2.28. The topological polar surface area (TPSA) is 28.7 Å². The maximum atomic E-state index is 5.33. The first kappa shape index (κ1) is 11.2. The van der Waals surface area contributed by atoms with Gasteiger partial charge in [-0.05, 0) is 13.0 Å². The molecule has 0 atom stereocenters. The minimum Gasteiger partial charge on any atom is -0.401 e. The van der Waals surface area contributed by atoms with Crippen molar-refractivity contribution in [3.63, 3.8) is 0 Å². The van der Waals surface area contributed by atoms with Crippen molar-refractivity contribution in [3.8, 4) is 0 Å². The third-order valence-electron chi connectivity index (χ3n) is 2.11. The van der Waals surface area contributed by atoms with Crippen LogP contribution in [0.25, 0.3) is 0 Å². The summed E-state index contributed by atoms with van der Waals surface area (Å²) >= 11 is 1.33. The molecule has 0 aliphatic carbocycles. The summed E-state index contributed by atoms with van der Waals surface area (Å²) < 4.78 is 8.12. The predicted octanol–water partition coefficient (Wildman–Crippen LogP) is 1.64. The fourth-order valence-electron chi connectivity index (χ4n) is 1.36. The molecule has 16 heavy (non-hydrogen) atoms. The van der Waals surface area contributed by atoms with Gasteiger partial charge in [0, 0.05) is 6.07 Å². The van der Waals surface area contributed by atoms with Crippen molar-refractivity contribution in [1.82, 2.24) is 4.47 Å². The van der Waals surface area contributed by atoms with Crippen molar-refractivity contribution in [2.45, 2.75) is 6.92 Å². The lowest BCUT2D eigenvalue weighted by Gasteiger charge is -2.08. The van der Waals surface area contributed by atoms with E-state index in [1.54, 1.807) is 10.7 Å². The van der Waals surface area contributed by atoms with Crippen LogP contribution < -0.4 is 4.57 Å². The standard InChI is InChI=1S/C11H14N3OS/c1-3-7-15-14-9-11(12-16-14)10-5-4-6-13(2)8-10/h3-8H,9H2,1-2H3/q+1. The molecule has 0 N–H and O–H groups in total. The highest BCUT2D eigenvalue weighted by atomic mass is 32.2. The number of aryl methyl sites for hydroxylation is 1. The molecule has 5 heteroatoms. The van der Waals surface area contributed by atoms with Crippen LogP contribution in [0.5, 0.6) is 0 Å². The van der Waals surface area contributed by atoms with E-state index in [1.807, 2.05) is 36.9 Å². The molecule has 0 aromatic carbocycles. The summed E-state index contributed by atoms with van der Waals surface area (Å²) in [5, 5.41) is 0. The Hall–Kier alpha value is -1.33. The Morgan fingerprint density at radius 1 is 1.62 bits per heavy atom. The van der Waals surface area contributed by atoms with Crippen molar-refractivity contribution >= 4 is 17.8 Å². The van der Waals surface area contributed by atoms with Gasteiger partial charge in [-0.1, -0.05) is 10.5 Å². The van der Waals surface area contributed by atoms with Crippen LogP contribution in [0, 0.1) is 0 Å². The van der Waals surface area contributed by atoms with Crippen molar-refractivity contribution in [2.75, 3.05) is 6.54 Å². The SMILES string of the molecule is CC=CON1CC(c2ccc[n+](C)c2)=NS1. The summed E-state index contributed by atoms with van der Waals surface area (Å²) in [7, 11) is 2.00. The second-order valence-corrected chi connectivity index (χ2v) is 4.20. The number of nitrogens with zero attached hydrogens (tertiary/aromatic N) is 3. The van der Waals surface area contributed by atoms with E-state index in [1.165, 1.54) is 12.1 Å². The van der Waals surface area contributed by atoms with Crippen molar-refractivity contribution in [1.29, 1.82) is 0 Å². The number of hydrogen-bond donors (Lipinski definition) is 0. The van der Waals surface area contributed by atoms with Crippen LogP contribution in [-0.4, -0.2) is 16.7 Å². The highest BCUT2D eigenvalue weighted by Gasteiger charge is 2.20. The molecule has 2 heterocycles.